The number of aromatic hydroxyl groups is 1. The van der Waals surface area contributed by atoms with E-state index < -0.39 is 12.4 Å². The van der Waals surface area contributed by atoms with Crippen LogP contribution in [-0.4, -0.2) is 12.1 Å². The number of phenolic OH excluding ortho intramolecular Hbond substituents is 1. The molecular formula is C10H7BF3O-. The van der Waals surface area contributed by atoms with Gasteiger partial charge in [0.1, 0.15) is 5.75 Å². The summed E-state index contributed by atoms with van der Waals surface area (Å²) in [5.74, 6) is -0.130. The van der Waals surface area contributed by atoms with E-state index in [4.69, 9.17) is 0 Å². The van der Waals surface area contributed by atoms with Crippen LogP contribution in [0.15, 0.2) is 36.4 Å². The third-order valence-corrected chi connectivity index (χ3v) is 2.26. The maximum absolute atomic E-state index is 12.4. The molecular weight excluding hydrogens is 204 g/mol. The Hall–Kier alpha value is -1.65. The van der Waals surface area contributed by atoms with Gasteiger partial charge in [-0.15, -0.1) is 5.46 Å². The van der Waals surface area contributed by atoms with Crippen molar-refractivity contribution in [3.05, 3.63) is 36.4 Å². The third kappa shape index (κ3) is 1.77. The van der Waals surface area contributed by atoms with Gasteiger partial charge in [-0.1, -0.05) is 30.3 Å². The summed E-state index contributed by atoms with van der Waals surface area (Å²) in [5, 5.41) is 10.2. The number of phenols is 1. The zero-order valence-corrected chi connectivity index (χ0v) is 7.62. The van der Waals surface area contributed by atoms with Gasteiger partial charge >= 0.3 is 6.98 Å². The molecule has 0 fully saturated rings. The van der Waals surface area contributed by atoms with Crippen molar-refractivity contribution in [3.63, 3.8) is 0 Å². The van der Waals surface area contributed by atoms with Crippen molar-refractivity contribution in [3.8, 4) is 5.75 Å². The number of benzene rings is 2. The summed E-state index contributed by atoms with van der Waals surface area (Å²) in [6.07, 6.45) is 0. The monoisotopic (exact) mass is 211 g/mol. The number of fused-ring (bicyclic) bond motifs is 1. The van der Waals surface area contributed by atoms with Gasteiger partial charge in [-0.3, -0.25) is 0 Å². The van der Waals surface area contributed by atoms with Gasteiger partial charge in [0.2, 0.25) is 0 Å². The summed E-state index contributed by atoms with van der Waals surface area (Å²) in [6, 6.07) is 7.99. The Morgan fingerprint density at radius 3 is 2.40 bits per heavy atom. The largest absolute Gasteiger partial charge is 0.509 e. The van der Waals surface area contributed by atoms with Crippen molar-refractivity contribution in [2.75, 3.05) is 0 Å². The number of rotatable bonds is 1. The van der Waals surface area contributed by atoms with Gasteiger partial charge in [-0.25, -0.2) is 0 Å². The minimum atomic E-state index is -5.01. The highest BCUT2D eigenvalue weighted by molar-refractivity contribution is 6.73. The Labute approximate surface area is 84.2 Å². The molecule has 0 spiro atoms. The van der Waals surface area contributed by atoms with E-state index in [1.165, 1.54) is 12.1 Å². The first-order chi connectivity index (χ1) is 6.98. The van der Waals surface area contributed by atoms with Gasteiger partial charge in [0.25, 0.3) is 0 Å². The van der Waals surface area contributed by atoms with Crippen molar-refractivity contribution in [2.24, 2.45) is 0 Å². The maximum atomic E-state index is 12.4. The molecule has 0 saturated heterocycles. The van der Waals surface area contributed by atoms with Crippen LogP contribution >= 0.6 is 0 Å². The van der Waals surface area contributed by atoms with Crippen molar-refractivity contribution >= 4 is 23.2 Å². The third-order valence-electron chi connectivity index (χ3n) is 2.26. The predicted molar refractivity (Wildman–Crippen MR) is 54.3 cm³/mol. The molecule has 0 aromatic heterocycles. The van der Waals surface area contributed by atoms with E-state index in [2.05, 4.69) is 0 Å². The number of halogens is 3. The molecule has 2 aromatic rings. The second-order valence-electron chi connectivity index (χ2n) is 3.33. The lowest BCUT2D eigenvalue weighted by Gasteiger charge is -2.15. The summed E-state index contributed by atoms with van der Waals surface area (Å²) < 4.78 is 37.3. The second-order valence-corrected chi connectivity index (χ2v) is 3.33. The lowest BCUT2D eigenvalue weighted by molar-refractivity contribution is 0.481. The molecule has 0 amide bonds. The highest BCUT2D eigenvalue weighted by atomic mass is 19.4. The topological polar surface area (TPSA) is 20.2 Å². The van der Waals surface area contributed by atoms with E-state index in [0.717, 1.165) is 12.1 Å². The van der Waals surface area contributed by atoms with Crippen molar-refractivity contribution < 1.29 is 18.1 Å². The number of hydrogen-bond acceptors (Lipinski definition) is 1. The van der Waals surface area contributed by atoms with Crippen LogP contribution in [0.3, 0.4) is 0 Å². The van der Waals surface area contributed by atoms with Crippen LogP contribution in [0, 0.1) is 0 Å². The fourth-order valence-electron chi connectivity index (χ4n) is 1.48. The van der Waals surface area contributed by atoms with Gasteiger partial charge < -0.3 is 18.1 Å². The first-order valence-electron chi connectivity index (χ1n) is 4.40. The fourth-order valence-corrected chi connectivity index (χ4v) is 1.48. The molecule has 2 aromatic carbocycles. The molecule has 0 aliphatic carbocycles. The van der Waals surface area contributed by atoms with Crippen molar-refractivity contribution in [1.82, 2.24) is 0 Å². The Morgan fingerprint density at radius 1 is 1.00 bits per heavy atom. The smallest absolute Gasteiger partial charge is 0.507 e. The normalized spacial score (nSPS) is 11.9. The molecule has 0 aliphatic heterocycles. The summed E-state index contributed by atoms with van der Waals surface area (Å²) in [4.78, 5) is 0. The van der Waals surface area contributed by atoms with Crippen LogP contribution in [0.25, 0.3) is 10.8 Å². The minimum absolute atomic E-state index is 0.130. The fraction of sp³-hybridized carbons (Fsp3) is 0. The highest BCUT2D eigenvalue weighted by Crippen LogP contribution is 2.24. The van der Waals surface area contributed by atoms with Crippen molar-refractivity contribution in [2.45, 2.75) is 0 Å². The Morgan fingerprint density at radius 2 is 1.73 bits per heavy atom. The Bertz CT molecular complexity index is 507. The quantitative estimate of drug-likeness (QED) is 0.718. The minimum Gasteiger partial charge on any atom is -0.507 e. The van der Waals surface area contributed by atoms with Crippen LogP contribution in [0.4, 0.5) is 12.9 Å². The molecule has 0 aliphatic rings. The first-order valence-corrected chi connectivity index (χ1v) is 4.40. The molecule has 1 nitrogen and oxygen atoms in total. The average Bonchev–Trinajstić information content (AvgIpc) is 2.16. The molecule has 78 valence electrons. The summed E-state index contributed by atoms with van der Waals surface area (Å²) in [5.41, 5.74) is -0.691. The highest BCUT2D eigenvalue weighted by Gasteiger charge is 2.25. The van der Waals surface area contributed by atoms with E-state index in [1.807, 2.05) is 0 Å². The average molecular weight is 211 g/mol. The molecule has 0 atom stereocenters. The molecule has 0 bridgehead atoms. The van der Waals surface area contributed by atoms with Crippen LogP contribution < -0.4 is 5.46 Å². The van der Waals surface area contributed by atoms with Crippen molar-refractivity contribution in [1.29, 1.82) is 0 Å². The first kappa shape index (κ1) is 9.89. The lowest BCUT2D eigenvalue weighted by Crippen LogP contribution is -2.33. The van der Waals surface area contributed by atoms with Crippen LogP contribution in [0.2, 0.25) is 0 Å². The summed E-state index contributed by atoms with van der Waals surface area (Å²) in [6.45, 7) is -5.01. The van der Waals surface area contributed by atoms with E-state index in [-0.39, 0.29) is 11.1 Å². The van der Waals surface area contributed by atoms with Crippen LogP contribution in [-0.2, 0) is 0 Å². The number of hydrogen-bond donors (Lipinski definition) is 1. The molecule has 15 heavy (non-hydrogen) atoms. The SMILES string of the molecule is Oc1cccc2ccc([B-](F)(F)F)cc12. The van der Waals surface area contributed by atoms with Crippen LogP contribution in [0.5, 0.6) is 5.75 Å². The van der Waals surface area contributed by atoms with Crippen LogP contribution in [0.1, 0.15) is 0 Å². The second kappa shape index (κ2) is 3.19. The predicted octanol–water partition coefficient (Wildman–Crippen LogP) is 2.60. The maximum Gasteiger partial charge on any atom is 0.509 e. The van der Waals surface area contributed by atoms with Gasteiger partial charge in [0.05, 0.1) is 0 Å². The van der Waals surface area contributed by atoms with E-state index >= 15 is 0 Å². The Balaban J connectivity index is 2.70. The molecule has 0 heterocycles. The molecule has 0 unspecified atom stereocenters. The van der Waals surface area contributed by atoms with E-state index in [1.54, 1.807) is 12.1 Å². The lowest BCUT2D eigenvalue weighted by atomic mass is 9.79. The van der Waals surface area contributed by atoms with Gasteiger partial charge in [-0.2, -0.15) is 0 Å². The molecule has 2 rings (SSSR count). The van der Waals surface area contributed by atoms with Gasteiger partial charge in [-0.05, 0) is 11.5 Å². The van der Waals surface area contributed by atoms with E-state index in [0.29, 0.717) is 5.39 Å². The standard InChI is InChI=1S/C10H7BF3O/c12-11(13,14)8-5-4-7-2-1-3-10(15)9(7)6-8/h1-6,15H/q-1. The van der Waals surface area contributed by atoms with E-state index in [9.17, 15) is 18.1 Å². The van der Waals surface area contributed by atoms with Gasteiger partial charge in [0, 0.05) is 5.39 Å². The zero-order chi connectivity index (χ0) is 11.1. The molecule has 0 radical (unpaired) electrons. The summed E-state index contributed by atoms with van der Waals surface area (Å²) in [7, 11) is 0. The Kier molecular flexibility index (Phi) is 2.10. The summed E-state index contributed by atoms with van der Waals surface area (Å²) >= 11 is 0. The molecule has 0 saturated carbocycles. The zero-order valence-electron chi connectivity index (χ0n) is 7.62. The molecule has 5 heteroatoms. The van der Waals surface area contributed by atoms with Gasteiger partial charge in [0.15, 0.2) is 0 Å². The molecule has 1 N–H and O–H groups in total.